The van der Waals surface area contributed by atoms with E-state index >= 15 is 0 Å². The van der Waals surface area contributed by atoms with Crippen LogP contribution in [0.3, 0.4) is 0 Å². The van der Waals surface area contributed by atoms with Crippen LogP contribution in [0.15, 0.2) is 0 Å². The molecule has 1 aliphatic rings. The van der Waals surface area contributed by atoms with E-state index in [2.05, 4.69) is 18.7 Å². The molecule has 1 nitrogen and oxygen atoms in total. The Hall–Kier alpha value is 0.310. The van der Waals surface area contributed by atoms with Gasteiger partial charge in [0, 0.05) is 11.3 Å². The number of rotatable bonds is 4. The number of hydrogen-bond donors (Lipinski definition) is 1. The molecule has 0 aromatic carbocycles. The monoisotopic (exact) mass is 145 g/mol. The van der Waals surface area contributed by atoms with Crippen LogP contribution in [0.2, 0.25) is 0 Å². The summed E-state index contributed by atoms with van der Waals surface area (Å²) in [7, 11) is 0. The fraction of sp³-hybridized carbons (Fsp3) is 1.00. The van der Waals surface area contributed by atoms with Gasteiger partial charge in [0.15, 0.2) is 0 Å². The molecular formula is C7H15NS. The van der Waals surface area contributed by atoms with Crippen molar-refractivity contribution in [1.29, 1.82) is 0 Å². The van der Waals surface area contributed by atoms with Gasteiger partial charge in [-0.1, -0.05) is 6.92 Å². The summed E-state index contributed by atoms with van der Waals surface area (Å²) in [6.45, 7) is 3.11. The average Bonchev–Trinajstić information content (AvgIpc) is 2.65. The summed E-state index contributed by atoms with van der Waals surface area (Å²) in [5, 5.41) is 0. The van der Waals surface area contributed by atoms with E-state index in [1.54, 1.807) is 0 Å². The van der Waals surface area contributed by atoms with Crippen molar-refractivity contribution in [1.82, 2.24) is 0 Å². The zero-order chi connectivity index (χ0) is 6.74. The molecule has 1 saturated carbocycles. The first-order valence-corrected chi connectivity index (χ1v) is 4.65. The summed E-state index contributed by atoms with van der Waals surface area (Å²) in [5.74, 6) is 1.29. The molecule has 54 valence electrons. The maximum atomic E-state index is 5.59. The molecule has 0 aliphatic heterocycles. The van der Waals surface area contributed by atoms with E-state index in [9.17, 15) is 0 Å². The molecule has 0 unspecified atom stereocenters. The highest BCUT2D eigenvalue weighted by atomic mass is 32.2. The van der Waals surface area contributed by atoms with Crippen LogP contribution in [-0.2, 0) is 0 Å². The van der Waals surface area contributed by atoms with E-state index in [0.717, 1.165) is 6.54 Å². The molecule has 0 aromatic heterocycles. The van der Waals surface area contributed by atoms with E-state index in [1.165, 1.54) is 25.0 Å². The van der Waals surface area contributed by atoms with Crippen LogP contribution in [0.25, 0.3) is 0 Å². The molecule has 2 N–H and O–H groups in total. The molecule has 0 radical (unpaired) electrons. The van der Waals surface area contributed by atoms with Gasteiger partial charge in [0.05, 0.1) is 0 Å². The number of hydrogen-bond acceptors (Lipinski definition) is 2. The lowest BCUT2D eigenvalue weighted by Crippen LogP contribution is -2.18. The highest BCUT2D eigenvalue weighted by Gasteiger charge is 2.41. The summed E-state index contributed by atoms with van der Waals surface area (Å²) in [6, 6.07) is 0. The standard InChI is InChI=1S/C7H15NS/c1-2-5-9-7(6-8)3-4-7/h2-6,8H2,1H3. The minimum absolute atomic E-state index is 0.538. The summed E-state index contributed by atoms with van der Waals surface area (Å²) >= 11 is 2.06. The lowest BCUT2D eigenvalue weighted by atomic mass is 10.4. The maximum Gasteiger partial charge on any atom is 0.0283 e. The third-order valence-electron chi connectivity index (χ3n) is 1.79. The topological polar surface area (TPSA) is 26.0 Å². The van der Waals surface area contributed by atoms with Crippen molar-refractivity contribution in [2.45, 2.75) is 30.9 Å². The minimum atomic E-state index is 0.538. The van der Waals surface area contributed by atoms with Gasteiger partial charge in [0.1, 0.15) is 0 Å². The first-order chi connectivity index (χ1) is 4.33. The molecule has 0 atom stereocenters. The molecule has 1 aliphatic carbocycles. The summed E-state index contributed by atoms with van der Waals surface area (Å²) in [4.78, 5) is 0. The van der Waals surface area contributed by atoms with E-state index in [1.807, 2.05) is 0 Å². The van der Waals surface area contributed by atoms with Gasteiger partial charge in [-0.15, -0.1) is 0 Å². The molecule has 1 rings (SSSR count). The van der Waals surface area contributed by atoms with Crippen LogP contribution in [-0.4, -0.2) is 17.0 Å². The first-order valence-electron chi connectivity index (χ1n) is 3.67. The minimum Gasteiger partial charge on any atom is -0.329 e. The second kappa shape index (κ2) is 2.93. The van der Waals surface area contributed by atoms with E-state index in [-0.39, 0.29) is 0 Å². The largest absolute Gasteiger partial charge is 0.329 e. The number of thioether (sulfide) groups is 1. The van der Waals surface area contributed by atoms with Crippen molar-refractivity contribution in [2.24, 2.45) is 5.73 Å². The SMILES string of the molecule is CCCSC1(CN)CC1. The van der Waals surface area contributed by atoms with Crippen molar-refractivity contribution in [2.75, 3.05) is 12.3 Å². The van der Waals surface area contributed by atoms with Crippen molar-refractivity contribution in [3.05, 3.63) is 0 Å². The highest BCUT2D eigenvalue weighted by molar-refractivity contribution is 8.00. The Balaban J connectivity index is 2.10. The van der Waals surface area contributed by atoms with E-state index in [0.29, 0.717) is 4.75 Å². The fourth-order valence-corrected chi connectivity index (χ4v) is 2.01. The smallest absolute Gasteiger partial charge is 0.0283 e. The maximum absolute atomic E-state index is 5.59. The van der Waals surface area contributed by atoms with Gasteiger partial charge in [0.25, 0.3) is 0 Å². The van der Waals surface area contributed by atoms with Crippen LogP contribution >= 0.6 is 11.8 Å². The molecule has 0 aromatic rings. The van der Waals surface area contributed by atoms with E-state index < -0.39 is 0 Å². The van der Waals surface area contributed by atoms with Gasteiger partial charge in [-0.3, -0.25) is 0 Å². The molecule has 0 heterocycles. The molecule has 2 heteroatoms. The number of nitrogens with two attached hydrogens (primary N) is 1. The average molecular weight is 145 g/mol. The summed E-state index contributed by atoms with van der Waals surface area (Å²) < 4.78 is 0.538. The van der Waals surface area contributed by atoms with Gasteiger partial charge in [-0.2, -0.15) is 11.8 Å². The summed E-state index contributed by atoms with van der Waals surface area (Å²) in [5.41, 5.74) is 5.59. The Bertz CT molecular complexity index is 88.9. The molecule has 9 heavy (non-hydrogen) atoms. The normalized spacial score (nSPS) is 22.0. The Morgan fingerprint density at radius 2 is 2.22 bits per heavy atom. The Kier molecular flexibility index (Phi) is 2.42. The van der Waals surface area contributed by atoms with Crippen molar-refractivity contribution in [3.63, 3.8) is 0 Å². The first kappa shape index (κ1) is 7.42. The fourth-order valence-electron chi connectivity index (χ4n) is 0.865. The van der Waals surface area contributed by atoms with Crippen LogP contribution in [0.1, 0.15) is 26.2 Å². The lowest BCUT2D eigenvalue weighted by molar-refractivity contribution is 0.896. The van der Waals surface area contributed by atoms with E-state index in [4.69, 9.17) is 5.73 Å². The third kappa shape index (κ3) is 1.87. The predicted molar refractivity (Wildman–Crippen MR) is 43.8 cm³/mol. The van der Waals surface area contributed by atoms with Crippen LogP contribution in [0.5, 0.6) is 0 Å². The van der Waals surface area contributed by atoms with Gasteiger partial charge in [0.2, 0.25) is 0 Å². The second-order valence-electron chi connectivity index (χ2n) is 2.74. The summed E-state index contributed by atoms with van der Waals surface area (Å²) in [6.07, 6.45) is 3.99. The Labute approximate surface area is 61.4 Å². The van der Waals surface area contributed by atoms with Crippen molar-refractivity contribution < 1.29 is 0 Å². The Morgan fingerprint density at radius 3 is 2.56 bits per heavy atom. The predicted octanol–water partition coefficient (Wildman–Crippen LogP) is 1.62. The van der Waals surface area contributed by atoms with Gasteiger partial charge < -0.3 is 5.73 Å². The molecule has 1 fully saturated rings. The lowest BCUT2D eigenvalue weighted by Gasteiger charge is -2.09. The molecular weight excluding hydrogens is 130 g/mol. The zero-order valence-electron chi connectivity index (χ0n) is 6.02. The molecule has 0 bridgehead atoms. The third-order valence-corrected chi connectivity index (χ3v) is 3.59. The zero-order valence-corrected chi connectivity index (χ0v) is 6.84. The van der Waals surface area contributed by atoms with Crippen molar-refractivity contribution >= 4 is 11.8 Å². The Morgan fingerprint density at radius 1 is 1.56 bits per heavy atom. The van der Waals surface area contributed by atoms with Gasteiger partial charge in [-0.05, 0) is 25.0 Å². The van der Waals surface area contributed by atoms with Crippen LogP contribution < -0.4 is 5.73 Å². The van der Waals surface area contributed by atoms with Gasteiger partial charge in [-0.25, -0.2) is 0 Å². The molecule has 0 spiro atoms. The van der Waals surface area contributed by atoms with Crippen molar-refractivity contribution in [3.8, 4) is 0 Å². The second-order valence-corrected chi connectivity index (χ2v) is 4.30. The van der Waals surface area contributed by atoms with Gasteiger partial charge >= 0.3 is 0 Å². The molecule has 0 saturated heterocycles. The molecule has 0 amide bonds. The quantitative estimate of drug-likeness (QED) is 0.650. The highest BCUT2D eigenvalue weighted by Crippen LogP contribution is 2.47. The van der Waals surface area contributed by atoms with Crippen LogP contribution in [0.4, 0.5) is 0 Å². The van der Waals surface area contributed by atoms with Crippen LogP contribution in [0, 0.1) is 0 Å².